The maximum Gasteiger partial charge on any atom is 0.141 e. The van der Waals surface area contributed by atoms with Crippen LogP contribution in [0.15, 0.2) is 43.0 Å². The van der Waals surface area contributed by atoms with Gasteiger partial charge in [-0.15, -0.1) is 0 Å². The third-order valence-electron chi connectivity index (χ3n) is 2.39. The molecular formula is C12H14N4. The smallest absolute Gasteiger partial charge is 0.141 e. The first kappa shape index (κ1) is 10.7. The summed E-state index contributed by atoms with van der Waals surface area (Å²) in [6.07, 6.45) is 7.10. The van der Waals surface area contributed by atoms with Crippen molar-refractivity contribution in [3.8, 4) is 0 Å². The van der Waals surface area contributed by atoms with E-state index < -0.39 is 0 Å². The fourth-order valence-electron chi connectivity index (χ4n) is 1.44. The molecule has 1 unspecified atom stereocenters. The molecule has 2 heterocycles. The van der Waals surface area contributed by atoms with E-state index in [2.05, 4.69) is 27.2 Å². The maximum absolute atomic E-state index is 4.16. The van der Waals surface area contributed by atoms with Crippen molar-refractivity contribution in [1.82, 2.24) is 20.3 Å². The molecule has 1 N–H and O–H groups in total. The Morgan fingerprint density at radius 1 is 1.12 bits per heavy atom. The van der Waals surface area contributed by atoms with Gasteiger partial charge in [0.25, 0.3) is 0 Å². The second kappa shape index (κ2) is 5.32. The quantitative estimate of drug-likeness (QED) is 0.842. The summed E-state index contributed by atoms with van der Waals surface area (Å²) in [6, 6.07) is 6.09. The lowest BCUT2D eigenvalue weighted by Gasteiger charge is -2.12. The second-order valence-electron chi connectivity index (χ2n) is 3.55. The van der Waals surface area contributed by atoms with Crippen LogP contribution in [0.3, 0.4) is 0 Å². The average Bonchev–Trinajstić information content (AvgIpc) is 2.38. The van der Waals surface area contributed by atoms with Crippen molar-refractivity contribution in [3.63, 3.8) is 0 Å². The topological polar surface area (TPSA) is 50.7 Å². The predicted molar refractivity (Wildman–Crippen MR) is 61.5 cm³/mol. The van der Waals surface area contributed by atoms with E-state index in [1.54, 1.807) is 24.8 Å². The van der Waals surface area contributed by atoms with Gasteiger partial charge in [-0.1, -0.05) is 0 Å². The number of rotatable bonds is 4. The molecule has 0 amide bonds. The zero-order valence-corrected chi connectivity index (χ0v) is 9.17. The van der Waals surface area contributed by atoms with Crippen molar-refractivity contribution in [2.45, 2.75) is 19.5 Å². The third kappa shape index (κ3) is 2.84. The molecule has 2 rings (SSSR count). The van der Waals surface area contributed by atoms with Crippen molar-refractivity contribution in [2.24, 2.45) is 0 Å². The molecule has 0 aliphatic rings. The molecule has 0 saturated heterocycles. The zero-order chi connectivity index (χ0) is 11.2. The molecule has 4 heteroatoms. The van der Waals surface area contributed by atoms with Gasteiger partial charge in [0.05, 0.1) is 6.54 Å². The number of hydrogen-bond acceptors (Lipinski definition) is 4. The first-order chi connectivity index (χ1) is 7.86. The van der Waals surface area contributed by atoms with E-state index >= 15 is 0 Å². The van der Waals surface area contributed by atoms with E-state index in [-0.39, 0.29) is 6.04 Å². The maximum atomic E-state index is 4.16. The van der Waals surface area contributed by atoms with E-state index in [1.807, 2.05) is 18.2 Å². The van der Waals surface area contributed by atoms with Gasteiger partial charge in [-0.3, -0.25) is 4.98 Å². The Bertz CT molecular complexity index is 416. The summed E-state index contributed by atoms with van der Waals surface area (Å²) in [5, 5.41) is 3.36. The van der Waals surface area contributed by atoms with Gasteiger partial charge < -0.3 is 5.32 Å². The summed E-state index contributed by atoms with van der Waals surface area (Å²) in [6.45, 7) is 2.78. The number of nitrogens with zero attached hydrogens (tertiary/aromatic N) is 3. The van der Waals surface area contributed by atoms with Gasteiger partial charge in [0.15, 0.2) is 0 Å². The Hall–Kier alpha value is -1.81. The standard InChI is InChI=1S/C12H14N4/c1-10(11-3-7-13-8-4-11)16-9-12-14-5-2-6-15-12/h2-8,10,16H,9H2,1H3. The number of hydrogen-bond donors (Lipinski definition) is 1. The van der Waals surface area contributed by atoms with E-state index in [0.717, 1.165) is 5.82 Å². The van der Waals surface area contributed by atoms with Gasteiger partial charge in [-0.2, -0.15) is 0 Å². The number of pyridine rings is 1. The molecule has 2 aromatic rings. The van der Waals surface area contributed by atoms with Crippen molar-refractivity contribution in [3.05, 3.63) is 54.4 Å². The SMILES string of the molecule is CC(NCc1ncccn1)c1ccncc1. The Morgan fingerprint density at radius 3 is 2.50 bits per heavy atom. The number of aromatic nitrogens is 3. The molecule has 4 nitrogen and oxygen atoms in total. The first-order valence-corrected chi connectivity index (χ1v) is 5.25. The van der Waals surface area contributed by atoms with Crippen LogP contribution >= 0.6 is 0 Å². The van der Waals surface area contributed by atoms with Gasteiger partial charge in [0.1, 0.15) is 5.82 Å². The van der Waals surface area contributed by atoms with Crippen LogP contribution in [0.2, 0.25) is 0 Å². The summed E-state index contributed by atoms with van der Waals surface area (Å²) in [4.78, 5) is 12.3. The Balaban J connectivity index is 1.92. The molecule has 0 aromatic carbocycles. The van der Waals surface area contributed by atoms with Gasteiger partial charge in [0.2, 0.25) is 0 Å². The van der Waals surface area contributed by atoms with Gasteiger partial charge in [0, 0.05) is 30.8 Å². The molecular weight excluding hydrogens is 200 g/mol. The molecule has 0 saturated carbocycles. The molecule has 2 aromatic heterocycles. The summed E-state index contributed by atoms with van der Waals surface area (Å²) in [5.41, 5.74) is 1.21. The lowest BCUT2D eigenvalue weighted by Crippen LogP contribution is -2.19. The van der Waals surface area contributed by atoms with Crippen LogP contribution in [-0.4, -0.2) is 15.0 Å². The van der Waals surface area contributed by atoms with E-state index in [0.29, 0.717) is 6.54 Å². The Labute approximate surface area is 94.8 Å². The van der Waals surface area contributed by atoms with Crippen LogP contribution in [0.1, 0.15) is 24.4 Å². The van der Waals surface area contributed by atoms with E-state index in [4.69, 9.17) is 0 Å². The summed E-state index contributed by atoms with van der Waals surface area (Å²) in [7, 11) is 0. The zero-order valence-electron chi connectivity index (χ0n) is 9.17. The van der Waals surface area contributed by atoms with Crippen molar-refractivity contribution >= 4 is 0 Å². The lowest BCUT2D eigenvalue weighted by atomic mass is 10.1. The molecule has 0 fully saturated rings. The van der Waals surface area contributed by atoms with Gasteiger partial charge in [-0.05, 0) is 30.7 Å². The molecule has 0 aliphatic carbocycles. The highest BCUT2D eigenvalue weighted by atomic mass is 15.0. The van der Waals surface area contributed by atoms with Crippen molar-refractivity contribution in [2.75, 3.05) is 0 Å². The number of nitrogens with one attached hydrogen (secondary N) is 1. The molecule has 16 heavy (non-hydrogen) atoms. The molecule has 82 valence electrons. The monoisotopic (exact) mass is 214 g/mol. The fraction of sp³-hybridized carbons (Fsp3) is 0.250. The van der Waals surface area contributed by atoms with Crippen molar-refractivity contribution < 1.29 is 0 Å². The Kier molecular flexibility index (Phi) is 3.56. The molecule has 0 bridgehead atoms. The molecule has 0 spiro atoms. The normalized spacial score (nSPS) is 12.3. The fourth-order valence-corrected chi connectivity index (χ4v) is 1.44. The van der Waals surface area contributed by atoms with Gasteiger partial charge >= 0.3 is 0 Å². The third-order valence-corrected chi connectivity index (χ3v) is 2.39. The van der Waals surface area contributed by atoms with Crippen molar-refractivity contribution in [1.29, 1.82) is 0 Å². The van der Waals surface area contributed by atoms with Gasteiger partial charge in [-0.25, -0.2) is 9.97 Å². The highest BCUT2D eigenvalue weighted by molar-refractivity contribution is 5.13. The van der Waals surface area contributed by atoms with Crippen LogP contribution in [-0.2, 0) is 6.54 Å². The van der Waals surface area contributed by atoms with Crippen LogP contribution < -0.4 is 5.32 Å². The minimum atomic E-state index is 0.270. The highest BCUT2D eigenvalue weighted by Crippen LogP contribution is 2.10. The summed E-state index contributed by atoms with van der Waals surface area (Å²) in [5.74, 6) is 0.809. The van der Waals surface area contributed by atoms with E-state index in [1.165, 1.54) is 5.56 Å². The minimum absolute atomic E-state index is 0.270. The first-order valence-electron chi connectivity index (χ1n) is 5.25. The Morgan fingerprint density at radius 2 is 1.81 bits per heavy atom. The molecule has 1 atom stereocenters. The summed E-state index contributed by atoms with van der Waals surface area (Å²) >= 11 is 0. The summed E-state index contributed by atoms with van der Waals surface area (Å²) < 4.78 is 0. The largest absolute Gasteiger partial charge is 0.303 e. The highest BCUT2D eigenvalue weighted by Gasteiger charge is 2.04. The van der Waals surface area contributed by atoms with Crippen LogP contribution in [0, 0.1) is 0 Å². The average molecular weight is 214 g/mol. The van der Waals surface area contributed by atoms with Crippen LogP contribution in [0.4, 0.5) is 0 Å². The predicted octanol–water partition coefficient (Wildman–Crippen LogP) is 1.72. The molecule has 0 aliphatic heterocycles. The lowest BCUT2D eigenvalue weighted by molar-refractivity contribution is 0.558. The minimum Gasteiger partial charge on any atom is -0.303 e. The second-order valence-corrected chi connectivity index (χ2v) is 3.55. The molecule has 0 radical (unpaired) electrons. The van der Waals surface area contributed by atoms with E-state index in [9.17, 15) is 0 Å². The van der Waals surface area contributed by atoms with Crippen LogP contribution in [0.25, 0.3) is 0 Å². The van der Waals surface area contributed by atoms with Crippen LogP contribution in [0.5, 0.6) is 0 Å².